The number of aryl methyl sites for hydroxylation is 2. The number of fused-ring (bicyclic) bond motifs is 2. The molecule has 0 radical (unpaired) electrons. The van der Waals surface area contributed by atoms with Crippen LogP contribution in [-0.2, 0) is 11.3 Å². The van der Waals surface area contributed by atoms with Gasteiger partial charge in [0.2, 0.25) is 11.8 Å². The van der Waals surface area contributed by atoms with Crippen LogP contribution in [0.1, 0.15) is 42.7 Å². The number of anilines is 2. The monoisotopic (exact) mass is 534 g/mol. The second-order valence-electron chi connectivity index (χ2n) is 10.1. The fourth-order valence-electron chi connectivity index (χ4n) is 4.94. The van der Waals surface area contributed by atoms with Crippen LogP contribution in [0.15, 0.2) is 30.9 Å². The lowest BCUT2D eigenvalue weighted by atomic mass is 10.1. The van der Waals surface area contributed by atoms with Crippen LogP contribution >= 0.6 is 11.3 Å². The number of nitrogens with one attached hydrogen (secondary N) is 2. The number of carbonyl (C=O) groups is 2. The molecule has 0 aromatic carbocycles. The lowest BCUT2D eigenvalue weighted by molar-refractivity contribution is -0.119. The first-order valence-electron chi connectivity index (χ1n) is 12.9. The average Bonchev–Trinajstić information content (AvgIpc) is 3.68. The second kappa shape index (κ2) is 9.84. The van der Waals surface area contributed by atoms with Gasteiger partial charge in [-0.05, 0) is 39.8 Å². The van der Waals surface area contributed by atoms with E-state index in [2.05, 4.69) is 44.6 Å². The van der Waals surface area contributed by atoms with Crippen LogP contribution in [0.4, 0.5) is 11.4 Å². The lowest BCUT2D eigenvalue weighted by Gasteiger charge is -2.20. The van der Waals surface area contributed by atoms with Crippen molar-refractivity contribution in [1.29, 1.82) is 0 Å². The Morgan fingerprint density at radius 1 is 1.16 bits per heavy atom. The smallest absolute Gasteiger partial charge is 0.260 e. The number of hydrogen-bond acceptors (Lipinski definition) is 8. The second-order valence-corrected chi connectivity index (χ2v) is 11.1. The van der Waals surface area contributed by atoms with E-state index in [1.807, 2.05) is 17.8 Å². The van der Waals surface area contributed by atoms with Gasteiger partial charge in [0.1, 0.15) is 4.83 Å². The number of thiazole rings is 1. The minimum atomic E-state index is -0.293. The molecule has 11 nitrogen and oxygen atoms in total. The molecule has 1 unspecified atom stereocenters. The topological polar surface area (TPSA) is 119 Å². The number of amides is 2. The minimum Gasteiger partial charge on any atom is -0.477 e. The van der Waals surface area contributed by atoms with E-state index in [0.717, 1.165) is 53.6 Å². The van der Waals surface area contributed by atoms with Crippen molar-refractivity contribution in [2.45, 2.75) is 46.2 Å². The summed E-state index contributed by atoms with van der Waals surface area (Å²) >= 11 is 1.46. The molecule has 0 bridgehead atoms. The number of aromatic nitrogens is 5. The summed E-state index contributed by atoms with van der Waals surface area (Å²) in [5, 5.41) is 14.7. The minimum absolute atomic E-state index is 0.0214. The summed E-state index contributed by atoms with van der Waals surface area (Å²) in [7, 11) is 0. The van der Waals surface area contributed by atoms with E-state index >= 15 is 0 Å². The summed E-state index contributed by atoms with van der Waals surface area (Å²) in [6, 6.07) is 2.17. The maximum Gasteiger partial charge on any atom is 0.260 e. The molecule has 2 aliphatic rings. The quantitative estimate of drug-likeness (QED) is 0.387. The molecule has 4 aromatic heterocycles. The molecule has 0 aliphatic carbocycles. The average molecular weight is 535 g/mol. The summed E-state index contributed by atoms with van der Waals surface area (Å²) in [6.45, 7) is 9.27. The molecule has 2 aliphatic heterocycles. The van der Waals surface area contributed by atoms with E-state index in [0.29, 0.717) is 35.3 Å². The van der Waals surface area contributed by atoms with Crippen molar-refractivity contribution in [2.75, 3.05) is 30.3 Å². The highest BCUT2D eigenvalue weighted by molar-refractivity contribution is 7.21. The van der Waals surface area contributed by atoms with Gasteiger partial charge < -0.3 is 20.3 Å². The number of carbonyl (C=O) groups excluding carboxylic acids is 2. The van der Waals surface area contributed by atoms with Crippen LogP contribution in [0, 0.1) is 12.8 Å². The van der Waals surface area contributed by atoms with Gasteiger partial charge in [0.05, 0.1) is 64.2 Å². The Morgan fingerprint density at radius 3 is 2.84 bits per heavy atom. The van der Waals surface area contributed by atoms with Crippen LogP contribution in [-0.4, -0.2) is 66.8 Å². The predicted molar refractivity (Wildman–Crippen MR) is 145 cm³/mol. The third-order valence-electron chi connectivity index (χ3n) is 7.17. The number of likely N-dealkylation sites (tertiary alicyclic amines) is 1. The molecule has 1 atom stereocenters. The van der Waals surface area contributed by atoms with Crippen LogP contribution in [0.2, 0.25) is 0 Å². The lowest BCUT2D eigenvalue weighted by Crippen LogP contribution is -2.31. The first-order chi connectivity index (χ1) is 18.4. The molecule has 198 valence electrons. The van der Waals surface area contributed by atoms with E-state index in [4.69, 9.17) is 4.74 Å². The molecular formula is C26H30N8O3S. The molecule has 1 fully saturated rings. The van der Waals surface area contributed by atoms with Crippen molar-refractivity contribution in [1.82, 2.24) is 29.3 Å². The summed E-state index contributed by atoms with van der Waals surface area (Å²) < 4.78 is 9.40. The molecule has 1 saturated heterocycles. The van der Waals surface area contributed by atoms with Crippen LogP contribution in [0.3, 0.4) is 0 Å². The number of rotatable bonds is 6. The highest BCUT2D eigenvalue weighted by Gasteiger charge is 2.29. The standard InChI is InChI=1S/C26H30N8O3S/c1-15(2)32-7-5-17(13-32)23(35)30-18-9-21(16(3)27-10-18)31-24(36)20-12-29-34-14-22(38-26(20)34)19-11-28-33-6-4-8-37-25(19)33/h9-12,14-15,17H,4-8,13H2,1-3H3,(H,30,35)(H,31,36). The highest BCUT2D eigenvalue weighted by Crippen LogP contribution is 2.37. The van der Waals surface area contributed by atoms with Gasteiger partial charge in [-0.25, -0.2) is 9.20 Å². The number of ether oxygens (including phenoxy) is 1. The summed E-state index contributed by atoms with van der Waals surface area (Å²) in [6.07, 6.45) is 8.64. The van der Waals surface area contributed by atoms with Gasteiger partial charge in [-0.3, -0.25) is 14.6 Å². The summed E-state index contributed by atoms with van der Waals surface area (Å²) in [4.78, 5) is 34.5. The first kappa shape index (κ1) is 24.6. The largest absolute Gasteiger partial charge is 0.477 e. The molecular weight excluding hydrogens is 504 g/mol. The molecule has 2 amide bonds. The van der Waals surface area contributed by atoms with Crippen LogP contribution in [0.5, 0.6) is 5.88 Å². The van der Waals surface area contributed by atoms with Crippen molar-refractivity contribution < 1.29 is 14.3 Å². The summed E-state index contributed by atoms with van der Waals surface area (Å²) in [5.74, 6) is 0.379. The van der Waals surface area contributed by atoms with E-state index in [1.54, 1.807) is 29.2 Å². The van der Waals surface area contributed by atoms with Crippen molar-refractivity contribution in [3.63, 3.8) is 0 Å². The third-order valence-corrected chi connectivity index (χ3v) is 8.32. The maximum atomic E-state index is 13.3. The molecule has 38 heavy (non-hydrogen) atoms. The third kappa shape index (κ3) is 4.54. The Morgan fingerprint density at radius 2 is 2.03 bits per heavy atom. The normalized spacial score (nSPS) is 17.5. The van der Waals surface area contributed by atoms with Crippen LogP contribution in [0.25, 0.3) is 15.3 Å². The molecule has 6 heterocycles. The Balaban J connectivity index is 1.18. The fraction of sp³-hybridized carbons (Fsp3) is 0.423. The first-order valence-corrected chi connectivity index (χ1v) is 13.7. The Hall–Kier alpha value is -3.77. The Kier molecular flexibility index (Phi) is 6.36. The zero-order valence-corrected chi connectivity index (χ0v) is 22.4. The van der Waals surface area contributed by atoms with Gasteiger partial charge in [0.25, 0.3) is 5.91 Å². The van der Waals surface area contributed by atoms with Gasteiger partial charge in [0, 0.05) is 31.7 Å². The highest BCUT2D eigenvalue weighted by atomic mass is 32.1. The molecule has 2 N–H and O–H groups in total. The maximum absolute atomic E-state index is 13.3. The van der Waals surface area contributed by atoms with Gasteiger partial charge in [0.15, 0.2) is 0 Å². The zero-order valence-electron chi connectivity index (χ0n) is 21.6. The van der Waals surface area contributed by atoms with E-state index in [-0.39, 0.29) is 17.7 Å². The number of pyridine rings is 1. The number of nitrogens with zero attached hydrogens (tertiary/aromatic N) is 6. The van der Waals surface area contributed by atoms with Crippen molar-refractivity contribution >= 4 is 39.4 Å². The molecule has 0 saturated carbocycles. The fourth-order valence-corrected chi connectivity index (χ4v) is 6.00. The zero-order chi connectivity index (χ0) is 26.4. The van der Waals surface area contributed by atoms with E-state index in [1.165, 1.54) is 11.3 Å². The van der Waals surface area contributed by atoms with Crippen molar-refractivity contribution in [2.24, 2.45) is 5.92 Å². The Bertz CT molecular complexity index is 1520. The molecule has 0 spiro atoms. The van der Waals surface area contributed by atoms with Crippen molar-refractivity contribution in [3.05, 3.63) is 42.1 Å². The van der Waals surface area contributed by atoms with Gasteiger partial charge in [-0.1, -0.05) is 0 Å². The van der Waals surface area contributed by atoms with E-state index < -0.39 is 0 Å². The molecule has 12 heteroatoms. The SMILES string of the molecule is Cc1ncc(NC(=O)C2CCN(C(C)C)C2)cc1NC(=O)c1cnn2cc(-c3cnn4c3OCCC4)sc12. The van der Waals surface area contributed by atoms with Gasteiger partial charge in [-0.2, -0.15) is 10.2 Å². The molecule has 4 aromatic rings. The van der Waals surface area contributed by atoms with Gasteiger partial charge in [-0.15, -0.1) is 11.3 Å². The van der Waals surface area contributed by atoms with Gasteiger partial charge >= 0.3 is 0 Å². The molecule has 6 rings (SSSR count). The summed E-state index contributed by atoms with van der Waals surface area (Å²) in [5.41, 5.74) is 3.11. The Labute approximate surface area is 223 Å². The van der Waals surface area contributed by atoms with Crippen LogP contribution < -0.4 is 15.4 Å². The number of hydrogen-bond donors (Lipinski definition) is 2. The van der Waals surface area contributed by atoms with Crippen molar-refractivity contribution in [3.8, 4) is 16.3 Å². The van der Waals surface area contributed by atoms with E-state index in [9.17, 15) is 9.59 Å². The predicted octanol–water partition coefficient (Wildman–Crippen LogP) is 3.67.